The van der Waals surface area contributed by atoms with E-state index >= 15 is 0 Å². The highest BCUT2D eigenvalue weighted by molar-refractivity contribution is 7.80. The van der Waals surface area contributed by atoms with E-state index in [0.29, 0.717) is 26.6 Å². The Balaban J connectivity index is 1.66. The lowest BCUT2D eigenvalue weighted by atomic mass is 10.2. The molecule has 2 N–H and O–H groups in total. The SMILES string of the molecule is COC(=O)c1cc2cc(NC(=S)NCc3ccc(Cl)cc3Cl)ccc2s1. The van der Waals surface area contributed by atoms with Gasteiger partial charge in [0.15, 0.2) is 5.11 Å². The average Bonchev–Trinajstić information content (AvgIpc) is 3.03. The number of fused-ring (bicyclic) bond motifs is 1. The van der Waals surface area contributed by atoms with Crippen LogP contribution in [-0.4, -0.2) is 18.2 Å². The zero-order chi connectivity index (χ0) is 18.7. The Kier molecular flexibility index (Phi) is 5.98. The molecule has 0 radical (unpaired) electrons. The second-order valence-electron chi connectivity index (χ2n) is 5.40. The van der Waals surface area contributed by atoms with Crippen LogP contribution in [0.25, 0.3) is 10.1 Å². The second-order valence-corrected chi connectivity index (χ2v) is 7.73. The van der Waals surface area contributed by atoms with Gasteiger partial charge in [-0.1, -0.05) is 29.3 Å². The van der Waals surface area contributed by atoms with E-state index in [1.54, 1.807) is 18.2 Å². The Bertz CT molecular complexity index is 988. The number of hydrogen-bond acceptors (Lipinski definition) is 4. The molecule has 3 aromatic rings. The first-order valence-electron chi connectivity index (χ1n) is 7.57. The number of rotatable bonds is 4. The fourth-order valence-corrected chi connectivity index (χ4v) is 3.96. The highest BCUT2D eigenvalue weighted by atomic mass is 35.5. The van der Waals surface area contributed by atoms with Crippen LogP contribution in [0.4, 0.5) is 5.69 Å². The van der Waals surface area contributed by atoms with E-state index in [9.17, 15) is 4.79 Å². The maximum Gasteiger partial charge on any atom is 0.348 e. The molecule has 0 fully saturated rings. The van der Waals surface area contributed by atoms with Crippen molar-refractivity contribution in [3.8, 4) is 0 Å². The number of thiophene rings is 1. The fraction of sp³-hybridized carbons (Fsp3) is 0.111. The van der Waals surface area contributed by atoms with Crippen LogP contribution in [0.3, 0.4) is 0 Å². The smallest absolute Gasteiger partial charge is 0.348 e. The second kappa shape index (κ2) is 8.22. The van der Waals surface area contributed by atoms with Crippen molar-refractivity contribution in [2.45, 2.75) is 6.54 Å². The monoisotopic (exact) mass is 424 g/mol. The lowest BCUT2D eigenvalue weighted by molar-refractivity contribution is 0.0606. The molecular weight excluding hydrogens is 411 g/mol. The number of esters is 1. The number of methoxy groups -OCH3 is 1. The maximum atomic E-state index is 11.6. The molecule has 0 aliphatic rings. The summed E-state index contributed by atoms with van der Waals surface area (Å²) in [7, 11) is 1.37. The van der Waals surface area contributed by atoms with Crippen LogP contribution >= 0.6 is 46.8 Å². The molecule has 3 rings (SSSR count). The van der Waals surface area contributed by atoms with Crippen molar-refractivity contribution in [2.75, 3.05) is 12.4 Å². The van der Waals surface area contributed by atoms with Gasteiger partial charge in [-0.2, -0.15) is 0 Å². The molecule has 0 aliphatic heterocycles. The van der Waals surface area contributed by atoms with Gasteiger partial charge in [-0.3, -0.25) is 0 Å². The number of carbonyl (C=O) groups excluding carboxylic acids is 1. The van der Waals surface area contributed by atoms with Crippen molar-refractivity contribution in [1.29, 1.82) is 0 Å². The van der Waals surface area contributed by atoms with Crippen molar-refractivity contribution >= 4 is 73.6 Å². The van der Waals surface area contributed by atoms with Gasteiger partial charge in [0.25, 0.3) is 0 Å². The summed E-state index contributed by atoms with van der Waals surface area (Å²) in [6, 6.07) is 12.9. The van der Waals surface area contributed by atoms with E-state index in [0.717, 1.165) is 21.3 Å². The van der Waals surface area contributed by atoms with Crippen LogP contribution in [0.5, 0.6) is 0 Å². The standard InChI is InChI=1S/C18H14Cl2N2O2S2/c1-24-17(23)16-7-11-6-13(4-5-15(11)26-16)22-18(25)21-9-10-2-3-12(19)8-14(10)20/h2-8H,9H2,1H3,(H2,21,22,25). The van der Waals surface area contributed by atoms with Crippen LogP contribution in [0.15, 0.2) is 42.5 Å². The number of halogens is 2. The van der Waals surface area contributed by atoms with Crippen molar-refractivity contribution in [2.24, 2.45) is 0 Å². The predicted molar refractivity (Wildman–Crippen MR) is 113 cm³/mol. The summed E-state index contributed by atoms with van der Waals surface area (Å²) in [6.07, 6.45) is 0. The molecule has 0 saturated heterocycles. The molecule has 0 atom stereocenters. The topological polar surface area (TPSA) is 50.4 Å². The number of hydrogen-bond donors (Lipinski definition) is 2. The summed E-state index contributed by atoms with van der Waals surface area (Å²) in [5.41, 5.74) is 1.72. The number of benzene rings is 2. The number of ether oxygens (including phenoxy) is 1. The molecule has 4 nitrogen and oxygen atoms in total. The van der Waals surface area contributed by atoms with Crippen molar-refractivity contribution in [1.82, 2.24) is 5.32 Å². The van der Waals surface area contributed by atoms with Gasteiger partial charge in [-0.15, -0.1) is 11.3 Å². The quantitative estimate of drug-likeness (QED) is 0.428. The number of carbonyl (C=O) groups is 1. The third kappa shape index (κ3) is 4.45. The molecule has 26 heavy (non-hydrogen) atoms. The summed E-state index contributed by atoms with van der Waals surface area (Å²) < 4.78 is 5.76. The van der Waals surface area contributed by atoms with Gasteiger partial charge in [0.2, 0.25) is 0 Å². The van der Waals surface area contributed by atoms with Gasteiger partial charge in [0.05, 0.1) is 7.11 Å². The summed E-state index contributed by atoms with van der Waals surface area (Å²) in [6.45, 7) is 0.481. The Morgan fingerprint density at radius 2 is 2.00 bits per heavy atom. The van der Waals surface area contributed by atoms with Crippen LogP contribution in [-0.2, 0) is 11.3 Å². The molecule has 0 saturated carbocycles. The van der Waals surface area contributed by atoms with E-state index < -0.39 is 0 Å². The zero-order valence-corrected chi connectivity index (χ0v) is 16.8. The van der Waals surface area contributed by atoms with E-state index in [2.05, 4.69) is 10.6 Å². The number of nitrogens with one attached hydrogen (secondary N) is 2. The van der Waals surface area contributed by atoms with Crippen LogP contribution < -0.4 is 10.6 Å². The van der Waals surface area contributed by atoms with Gasteiger partial charge in [0, 0.05) is 27.0 Å². The Morgan fingerprint density at radius 3 is 2.73 bits per heavy atom. The van der Waals surface area contributed by atoms with Crippen LogP contribution in [0.1, 0.15) is 15.2 Å². The van der Waals surface area contributed by atoms with E-state index in [4.69, 9.17) is 40.2 Å². The predicted octanol–water partition coefficient (Wildman–Crippen LogP) is 5.48. The number of thiocarbonyl (C=S) groups is 1. The minimum atomic E-state index is -0.335. The molecular formula is C18H14Cl2N2O2S2. The molecule has 8 heteroatoms. The third-order valence-corrected chi connectivity index (χ3v) is 5.54. The molecule has 1 heterocycles. The normalized spacial score (nSPS) is 10.6. The average molecular weight is 425 g/mol. The Hall–Kier alpha value is -1.86. The molecule has 134 valence electrons. The van der Waals surface area contributed by atoms with Gasteiger partial charge in [-0.05, 0) is 59.6 Å². The van der Waals surface area contributed by atoms with Gasteiger partial charge < -0.3 is 15.4 Å². The van der Waals surface area contributed by atoms with E-state index in [1.807, 2.05) is 24.3 Å². The summed E-state index contributed by atoms with van der Waals surface area (Å²) >= 11 is 18.8. The number of anilines is 1. The van der Waals surface area contributed by atoms with Gasteiger partial charge in [-0.25, -0.2) is 4.79 Å². The summed E-state index contributed by atoms with van der Waals surface area (Å²) in [5.74, 6) is -0.335. The highest BCUT2D eigenvalue weighted by Crippen LogP contribution is 2.28. The lowest BCUT2D eigenvalue weighted by Gasteiger charge is -2.11. The minimum absolute atomic E-state index is 0.335. The Labute approximate surface area is 170 Å². The van der Waals surface area contributed by atoms with Crippen molar-refractivity contribution in [3.05, 3.63) is 63.0 Å². The molecule has 0 aliphatic carbocycles. The van der Waals surface area contributed by atoms with Gasteiger partial charge in [0.1, 0.15) is 4.88 Å². The molecule has 0 bridgehead atoms. The zero-order valence-electron chi connectivity index (χ0n) is 13.6. The third-order valence-electron chi connectivity index (χ3n) is 3.62. The first-order chi connectivity index (χ1) is 12.5. The largest absolute Gasteiger partial charge is 0.465 e. The van der Waals surface area contributed by atoms with Gasteiger partial charge >= 0.3 is 5.97 Å². The molecule has 2 aromatic carbocycles. The summed E-state index contributed by atoms with van der Waals surface area (Å²) in [5, 5.41) is 8.83. The van der Waals surface area contributed by atoms with Crippen LogP contribution in [0, 0.1) is 0 Å². The lowest BCUT2D eigenvalue weighted by Crippen LogP contribution is -2.27. The Morgan fingerprint density at radius 1 is 1.19 bits per heavy atom. The molecule has 0 amide bonds. The first kappa shape index (κ1) is 18.9. The molecule has 0 unspecified atom stereocenters. The van der Waals surface area contributed by atoms with E-state index in [1.165, 1.54) is 18.4 Å². The highest BCUT2D eigenvalue weighted by Gasteiger charge is 2.11. The molecule has 0 spiro atoms. The summed E-state index contributed by atoms with van der Waals surface area (Å²) in [4.78, 5) is 12.2. The fourth-order valence-electron chi connectivity index (χ4n) is 2.34. The van der Waals surface area contributed by atoms with E-state index in [-0.39, 0.29) is 5.97 Å². The maximum absolute atomic E-state index is 11.6. The minimum Gasteiger partial charge on any atom is -0.465 e. The van der Waals surface area contributed by atoms with Crippen molar-refractivity contribution in [3.63, 3.8) is 0 Å². The van der Waals surface area contributed by atoms with Crippen molar-refractivity contribution < 1.29 is 9.53 Å². The first-order valence-corrected chi connectivity index (χ1v) is 9.55. The van der Waals surface area contributed by atoms with Crippen LogP contribution in [0.2, 0.25) is 10.0 Å². The molecule has 1 aromatic heterocycles.